The Morgan fingerprint density at radius 2 is 1.45 bits per heavy atom. The SMILES string of the molecule is CC.COC1CCC(c2ccccc2)CC1.CS(N)(=O)=O.O=C(C1CC1)N1CCCC1. The third-order valence-electron chi connectivity index (χ3n) is 5.62. The highest BCUT2D eigenvalue weighted by Crippen LogP contribution is 2.33. The minimum absolute atomic E-state index is 0.428. The molecule has 1 aromatic rings. The summed E-state index contributed by atoms with van der Waals surface area (Å²) in [7, 11) is -1.34. The molecule has 7 heteroatoms. The van der Waals surface area contributed by atoms with Crippen LogP contribution in [0.15, 0.2) is 30.3 Å². The first-order valence-electron chi connectivity index (χ1n) is 11.6. The number of nitrogens with two attached hydrogens (primary N) is 1. The van der Waals surface area contributed by atoms with E-state index >= 15 is 0 Å². The summed E-state index contributed by atoms with van der Waals surface area (Å²) in [6.07, 6.45) is 11.2. The number of likely N-dealkylation sites (tertiary alicyclic amines) is 1. The second-order valence-electron chi connectivity index (χ2n) is 8.26. The first-order valence-corrected chi connectivity index (χ1v) is 13.6. The van der Waals surface area contributed by atoms with Crippen LogP contribution in [0.4, 0.5) is 0 Å². The van der Waals surface area contributed by atoms with Crippen LogP contribution >= 0.6 is 0 Å². The number of hydrogen-bond acceptors (Lipinski definition) is 4. The Morgan fingerprint density at radius 1 is 0.968 bits per heavy atom. The summed E-state index contributed by atoms with van der Waals surface area (Å²) in [5.41, 5.74) is 1.50. The van der Waals surface area contributed by atoms with Gasteiger partial charge in [-0.3, -0.25) is 4.79 Å². The van der Waals surface area contributed by atoms with Crippen molar-refractivity contribution in [2.75, 3.05) is 26.5 Å². The molecule has 0 aromatic heterocycles. The van der Waals surface area contributed by atoms with Gasteiger partial charge in [-0.25, -0.2) is 13.6 Å². The molecule has 4 rings (SSSR count). The molecule has 1 amide bonds. The van der Waals surface area contributed by atoms with E-state index in [4.69, 9.17) is 4.74 Å². The molecule has 31 heavy (non-hydrogen) atoms. The molecule has 1 heterocycles. The Bertz CT molecular complexity index is 698. The molecule has 1 aliphatic heterocycles. The molecule has 0 atom stereocenters. The number of sulfonamides is 1. The van der Waals surface area contributed by atoms with Crippen molar-refractivity contribution in [3.8, 4) is 0 Å². The fourth-order valence-electron chi connectivity index (χ4n) is 3.88. The fourth-order valence-corrected chi connectivity index (χ4v) is 3.88. The van der Waals surface area contributed by atoms with Gasteiger partial charge in [0.2, 0.25) is 15.9 Å². The maximum Gasteiger partial charge on any atom is 0.225 e. The molecule has 2 N–H and O–H groups in total. The van der Waals surface area contributed by atoms with E-state index in [1.807, 2.05) is 25.9 Å². The van der Waals surface area contributed by atoms with Gasteiger partial charge < -0.3 is 9.64 Å². The molecule has 3 fully saturated rings. The number of carbonyl (C=O) groups is 1. The molecule has 0 bridgehead atoms. The van der Waals surface area contributed by atoms with Gasteiger partial charge in [-0.15, -0.1) is 0 Å². The minimum atomic E-state index is -3.17. The second kappa shape index (κ2) is 14.6. The van der Waals surface area contributed by atoms with Gasteiger partial charge in [-0.05, 0) is 62.8 Å². The lowest BCUT2D eigenvalue weighted by Gasteiger charge is -2.27. The molecule has 178 valence electrons. The number of primary sulfonamides is 1. The summed E-state index contributed by atoms with van der Waals surface area (Å²) in [4.78, 5) is 13.4. The van der Waals surface area contributed by atoms with Crippen LogP contribution in [0, 0.1) is 5.92 Å². The maximum atomic E-state index is 11.3. The van der Waals surface area contributed by atoms with Crippen molar-refractivity contribution < 1.29 is 17.9 Å². The molecule has 2 saturated carbocycles. The number of carbonyl (C=O) groups excluding carboxylic acids is 1. The smallest absolute Gasteiger partial charge is 0.225 e. The van der Waals surface area contributed by atoms with E-state index in [0.717, 1.165) is 38.1 Å². The van der Waals surface area contributed by atoms with Crippen molar-refractivity contribution in [3.05, 3.63) is 35.9 Å². The van der Waals surface area contributed by atoms with Crippen LogP contribution in [0.1, 0.15) is 76.7 Å². The van der Waals surface area contributed by atoms with Gasteiger partial charge in [-0.2, -0.15) is 0 Å². The van der Waals surface area contributed by atoms with Crippen LogP contribution in [0.5, 0.6) is 0 Å². The maximum absolute atomic E-state index is 11.3. The lowest BCUT2D eigenvalue weighted by molar-refractivity contribution is -0.131. The number of nitrogens with zero attached hydrogens (tertiary/aromatic N) is 1. The van der Waals surface area contributed by atoms with Crippen molar-refractivity contribution >= 4 is 15.9 Å². The first-order chi connectivity index (χ1) is 14.8. The summed E-state index contributed by atoms with van der Waals surface area (Å²) >= 11 is 0. The predicted octanol–water partition coefficient (Wildman–Crippen LogP) is 4.31. The van der Waals surface area contributed by atoms with Crippen molar-refractivity contribution in [3.63, 3.8) is 0 Å². The van der Waals surface area contributed by atoms with E-state index in [0.29, 0.717) is 17.9 Å². The van der Waals surface area contributed by atoms with E-state index < -0.39 is 10.0 Å². The largest absolute Gasteiger partial charge is 0.381 e. The molecule has 3 aliphatic rings. The number of benzene rings is 1. The highest BCUT2D eigenvalue weighted by atomic mass is 32.2. The quantitative estimate of drug-likeness (QED) is 0.737. The normalized spacial score (nSPS) is 22.7. The first kappa shape index (κ1) is 27.6. The van der Waals surface area contributed by atoms with Crippen LogP contribution in [0.3, 0.4) is 0 Å². The number of hydrogen-bond donors (Lipinski definition) is 1. The summed E-state index contributed by atoms with van der Waals surface area (Å²) in [6, 6.07) is 10.9. The topological polar surface area (TPSA) is 89.7 Å². The van der Waals surface area contributed by atoms with Crippen LogP contribution in [-0.4, -0.2) is 51.8 Å². The Hall–Kier alpha value is -1.44. The minimum Gasteiger partial charge on any atom is -0.381 e. The van der Waals surface area contributed by atoms with Gasteiger partial charge in [0.15, 0.2) is 0 Å². The average molecular weight is 455 g/mol. The number of rotatable bonds is 3. The van der Waals surface area contributed by atoms with Crippen LogP contribution < -0.4 is 5.14 Å². The van der Waals surface area contributed by atoms with Crippen molar-refractivity contribution in [1.82, 2.24) is 4.90 Å². The molecule has 1 aromatic carbocycles. The monoisotopic (exact) mass is 454 g/mol. The third kappa shape index (κ3) is 12.2. The Labute approximate surface area is 189 Å². The second-order valence-corrected chi connectivity index (χ2v) is 9.92. The van der Waals surface area contributed by atoms with Gasteiger partial charge in [0.05, 0.1) is 12.4 Å². The number of ether oxygens (including phenoxy) is 1. The van der Waals surface area contributed by atoms with E-state index in [1.165, 1.54) is 44.1 Å². The predicted molar refractivity (Wildman–Crippen MR) is 127 cm³/mol. The van der Waals surface area contributed by atoms with Gasteiger partial charge in [-0.1, -0.05) is 44.2 Å². The standard InChI is InChI=1S/C13H18O.C8H13NO.C2H6.CH5NO2S/c1-14-13-9-7-12(8-10-13)11-5-3-2-4-6-11;10-8(7-3-4-7)9-5-1-2-6-9;1-2;1-5(2,3)4/h2-6,12-13H,7-10H2,1H3;7H,1-6H2;1-2H3;1H3,(H2,2,3,4). The fraction of sp³-hybridized carbons (Fsp3) is 0.708. The lowest BCUT2D eigenvalue weighted by Crippen LogP contribution is -2.28. The summed E-state index contributed by atoms with van der Waals surface area (Å²) in [6.45, 7) is 6.05. The van der Waals surface area contributed by atoms with Crippen molar-refractivity contribution in [2.45, 2.75) is 77.2 Å². The van der Waals surface area contributed by atoms with Crippen LogP contribution in [-0.2, 0) is 19.6 Å². The Morgan fingerprint density at radius 3 is 1.87 bits per heavy atom. The molecule has 0 radical (unpaired) electrons. The summed E-state index contributed by atoms with van der Waals surface area (Å²) in [5, 5.41) is 4.33. The number of amides is 1. The number of methoxy groups -OCH3 is 1. The highest BCUT2D eigenvalue weighted by Gasteiger charge is 2.34. The highest BCUT2D eigenvalue weighted by molar-refractivity contribution is 7.88. The van der Waals surface area contributed by atoms with E-state index in [1.54, 1.807) is 0 Å². The van der Waals surface area contributed by atoms with Gasteiger partial charge in [0, 0.05) is 26.1 Å². The zero-order valence-electron chi connectivity index (χ0n) is 19.8. The van der Waals surface area contributed by atoms with Crippen LogP contribution in [0.2, 0.25) is 0 Å². The zero-order valence-corrected chi connectivity index (χ0v) is 20.6. The van der Waals surface area contributed by atoms with Crippen molar-refractivity contribution in [2.24, 2.45) is 11.1 Å². The van der Waals surface area contributed by atoms with Crippen LogP contribution in [0.25, 0.3) is 0 Å². The van der Waals surface area contributed by atoms with E-state index in [2.05, 4.69) is 35.5 Å². The van der Waals surface area contributed by atoms with E-state index in [9.17, 15) is 13.2 Å². The third-order valence-corrected chi connectivity index (χ3v) is 5.62. The van der Waals surface area contributed by atoms with E-state index in [-0.39, 0.29) is 0 Å². The molecule has 0 spiro atoms. The van der Waals surface area contributed by atoms with Gasteiger partial charge >= 0.3 is 0 Å². The molecule has 6 nitrogen and oxygen atoms in total. The van der Waals surface area contributed by atoms with Crippen molar-refractivity contribution in [1.29, 1.82) is 0 Å². The molecular weight excluding hydrogens is 412 g/mol. The Balaban J connectivity index is 0.000000247. The zero-order chi connectivity index (χ0) is 23.3. The summed E-state index contributed by atoms with van der Waals surface area (Å²) in [5.74, 6) is 1.62. The lowest BCUT2D eigenvalue weighted by atomic mass is 9.83. The van der Waals surface area contributed by atoms with Gasteiger partial charge in [0.1, 0.15) is 0 Å². The molecular formula is C24H42N2O4S. The average Bonchev–Trinajstić information content (AvgIpc) is 3.48. The molecule has 2 aliphatic carbocycles. The molecule has 0 unspecified atom stereocenters. The van der Waals surface area contributed by atoms with Gasteiger partial charge in [0.25, 0.3) is 0 Å². The Kier molecular flexibility index (Phi) is 13.0. The molecule has 1 saturated heterocycles. The summed E-state index contributed by atoms with van der Waals surface area (Å²) < 4.78 is 24.2.